The van der Waals surface area contributed by atoms with Crippen molar-refractivity contribution >= 4 is 5.91 Å². The Bertz CT molecular complexity index is 242. The zero-order valence-corrected chi connectivity index (χ0v) is 11.8. The highest BCUT2D eigenvalue weighted by molar-refractivity contribution is 5.78. The smallest absolute Gasteiger partial charge is 0.234 e. The molecule has 2 N–H and O–H groups in total. The van der Waals surface area contributed by atoms with Gasteiger partial charge in [-0.2, -0.15) is 0 Å². The van der Waals surface area contributed by atoms with Crippen molar-refractivity contribution in [2.45, 2.75) is 65.5 Å². The van der Waals surface area contributed by atoms with Gasteiger partial charge in [-0.05, 0) is 31.6 Å². The molecule has 1 rings (SSSR count). The molecule has 17 heavy (non-hydrogen) atoms. The van der Waals surface area contributed by atoms with Crippen LogP contribution in [-0.2, 0) is 4.79 Å². The highest BCUT2D eigenvalue weighted by atomic mass is 16.2. The lowest BCUT2D eigenvalue weighted by Gasteiger charge is -2.34. The quantitative estimate of drug-likeness (QED) is 0.774. The number of carbonyl (C=O) groups excluding carboxylic acids is 1. The molecule has 3 heteroatoms. The summed E-state index contributed by atoms with van der Waals surface area (Å²) in [5.41, 5.74) is 0. The predicted octanol–water partition coefficient (Wildman–Crippen LogP) is 2.32. The molecule has 0 aliphatic heterocycles. The molecular weight excluding hydrogens is 212 g/mol. The van der Waals surface area contributed by atoms with E-state index in [1.54, 1.807) is 0 Å². The zero-order valence-electron chi connectivity index (χ0n) is 11.8. The molecule has 1 fully saturated rings. The van der Waals surface area contributed by atoms with E-state index in [0.29, 0.717) is 24.5 Å². The molecule has 1 saturated carbocycles. The van der Waals surface area contributed by atoms with E-state index >= 15 is 0 Å². The first kappa shape index (κ1) is 14.5. The van der Waals surface area contributed by atoms with E-state index in [1.807, 2.05) is 0 Å². The summed E-state index contributed by atoms with van der Waals surface area (Å²) in [5.74, 6) is 1.49. The summed E-state index contributed by atoms with van der Waals surface area (Å²) in [6, 6.07) is 0.799. The topological polar surface area (TPSA) is 41.1 Å². The van der Waals surface area contributed by atoms with Crippen LogP contribution in [0, 0.1) is 11.8 Å². The fourth-order valence-electron chi connectivity index (χ4n) is 2.45. The average molecular weight is 240 g/mol. The van der Waals surface area contributed by atoms with E-state index < -0.39 is 0 Å². The lowest BCUT2D eigenvalue weighted by molar-refractivity contribution is -0.121. The number of carbonyl (C=O) groups is 1. The van der Waals surface area contributed by atoms with E-state index in [1.165, 1.54) is 12.8 Å². The van der Waals surface area contributed by atoms with E-state index in [9.17, 15) is 4.79 Å². The molecule has 0 radical (unpaired) electrons. The number of hydrogen-bond donors (Lipinski definition) is 2. The van der Waals surface area contributed by atoms with Crippen LogP contribution in [0.3, 0.4) is 0 Å². The Morgan fingerprint density at radius 3 is 2.71 bits per heavy atom. The van der Waals surface area contributed by atoms with Crippen LogP contribution in [-0.4, -0.2) is 24.5 Å². The maximum Gasteiger partial charge on any atom is 0.234 e. The van der Waals surface area contributed by atoms with Gasteiger partial charge in [0.15, 0.2) is 0 Å². The van der Waals surface area contributed by atoms with Gasteiger partial charge in [0, 0.05) is 12.1 Å². The molecule has 100 valence electrons. The Hall–Kier alpha value is -0.570. The van der Waals surface area contributed by atoms with E-state index in [0.717, 1.165) is 18.8 Å². The van der Waals surface area contributed by atoms with Gasteiger partial charge in [-0.15, -0.1) is 0 Å². The molecule has 4 atom stereocenters. The van der Waals surface area contributed by atoms with Crippen LogP contribution in [0.1, 0.15) is 53.4 Å². The summed E-state index contributed by atoms with van der Waals surface area (Å²) in [6.45, 7) is 9.24. The monoisotopic (exact) mass is 240 g/mol. The molecule has 4 unspecified atom stereocenters. The summed E-state index contributed by atoms with van der Waals surface area (Å²) >= 11 is 0. The maximum atomic E-state index is 11.8. The van der Waals surface area contributed by atoms with Crippen LogP contribution in [0.15, 0.2) is 0 Å². The normalized spacial score (nSPS) is 30.9. The van der Waals surface area contributed by atoms with Crippen molar-refractivity contribution < 1.29 is 4.79 Å². The third kappa shape index (κ3) is 4.66. The summed E-state index contributed by atoms with van der Waals surface area (Å²) in [4.78, 5) is 11.8. The minimum atomic E-state index is 0.149. The first-order valence-corrected chi connectivity index (χ1v) is 7.07. The first-order valence-electron chi connectivity index (χ1n) is 7.07. The molecule has 0 spiro atoms. The van der Waals surface area contributed by atoms with Gasteiger partial charge in [-0.1, -0.05) is 33.6 Å². The van der Waals surface area contributed by atoms with Gasteiger partial charge in [0.25, 0.3) is 0 Å². The van der Waals surface area contributed by atoms with Crippen molar-refractivity contribution in [2.24, 2.45) is 11.8 Å². The fraction of sp³-hybridized carbons (Fsp3) is 0.929. The zero-order chi connectivity index (χ0) is 12.8. The minimum absolute atomic E-state index is 0.149. The Morgan fingerprint density at radius 2 is 2.06 bits per heavy atom. The van der Waals surface area contributed by atoms with Crippen LogP contribution >= 0.6 is 0 Å². The van der Waals surface area contributed by atoms with Crippen LogP contribution in [0.4, 0.5) is 0 Å². The molecule has 1 amide bonds. The lowest BCUT2D eigenvalue weighted by atomic mass is 9.78. The molecule has 3 nitrogen and oxygen atoms in total. The highest BCUT2D eigenvalue weighted by Crippen LogP contribution is 2.29. The standard InChI is InChI=1S/C14H28N2O/c1-5-11(3)15-9-14(17)16-13-8-6-7-10(2)12(13)4/h10-13,15H,5-9H2,1-4H3,(H,16,17). The molecule has 0 aromatic rings. The molecule has 1 aliphatic rings. The van der Waals surface area contributed by atoms with Gasteiger partial charge in [0.1, 0.15) is 0 Å². The van der Waals surface area contributed by atoms with Crippen LogP contribution in [0.5, 0.6) is 0 Å². The third-order valence-electron chi connectivity index (χ3n) is 4.28. The van der Waals surface area contributed by atoms with Crippen molar-refractivity contribution in [1.29, 1.82) is 0 Å². The number of hydrogen-bond acceptors (Lipinski definition) is 2. The van der Waals surface area contributed by atoms with E-state index in [4.69, 9.17) is 0 Å². The Morgan fingerprint density at radius 1 is 1.35 bits per heavy atom. The molecule has 0 saturated heterocycles. The number of nitrogens with one attached hydrogen (secondary N) is 2. The highest BCUT2D eigenvalue weighted by Gasteiger charge is 2.27. The fourth-order valence-corrected chi connectivity index (χ4v) is 2.45. The van der Waals surface area contributed by atoms with Crippen molar-refractivity contribution in [1.82, 2.24) is 10.6 Å². The Balaban J connectivity index is 2.30. The van der Waals surface area contributed by atoms with E-state index in [-0.39, 0.29) is 5.91 Å². The van der Waals surface area contributed by atoms with Gasteiger partial charge in [-0.25, -0.2) is 0 Å². The van der Waals surface area contributed by atoms with Crippen molar-refractivity contribution in [2.75, 3.05) is 6.54 Å². The second kappa shape index (κ2) is 7.00. The second-order valence-corrected chi connectivity index (χ2v) is 5.63. The van der Waals surface area contributed by atoms with E-state index in [2.05, 4.69) is 38.3 Å². The Labute approximate surface area is 106 Å². The number of amides is 1. The second-order valence-electron chi connectivity index (χ2n) is 5.63. The van der Waals surface area contributed by atoms with Crippen molar-refractivity contribution in [3.63, 3.8) is 0 Å². The molecule has 0 aromatic heterocycles. The predicted molar refractivity (Wildman–Crippen MR) is 71.9 cm³/mol. The van der Waals surface area contributed by atoms with Crippen LogP contribution in [0.25, 0.3) is 0 Å². The molecule has 0 aromatic carbocycles. The molecule has 1 aliphatic carbocycles. The first-order chi connectivity index (χ1) is 8.04. The average Bonchev–Trinajstić information content (AvgIpc) is 2.32. The third-order valence-corrected chi connectivity index (χ3v) is 4.28. The van der Waals surface area contributed by atoms with Crippen molar-refractivity contribution in [3.05, 3.63) is 0 Å². The van der Waals surface area contributed by atoms with Gasteiger partial charge >= 0.3 is 0 Å². The number of rotatable bonds is 5. The van der Waals surface area contributed by atoms with Crippen molar-refractivity contribution in [3.8, 4) is 0 Å². The SMILES string of the molecule is CCC(C)NCC(=O)NC1CCCC(C)C1C. The lowest BCUT2D eigenvalue weighted by Crippen LogP contribution is -2.47. The van der Waals surface area contributed by atoms with Crippen LogP contribution in [0.2, 0.25) is 0 Å². The van der Waals surface area contributed by atoms with Gasteiger partial charge in [0.05, 0.1) is 6.54 Å². The molecule has 0 heterocycles. The summed E-state index contributed by atoms with van der Waals surface area (Å²) < 4.78 is 0. The molecular formula is C14H28N2O. The largest absolute Gasteiger partial charge is 0.352 e. The molecule has 0 bridgehead atoms. The van der Waals surface area contributed by atoms with Gasteiger partial charge < -0.3 is 10.6 Å². The van der Waals surface area contributed by atoms with Crippen LogP contribution < -0.4 is 10.6 Å². The van der Waals surface area contributed by atoms with Gasteiger partial charge in [-0.3, -0.25) is 4.79 Å². The summed E-state index contributed by atoms with van der Waals surface area (Å²) in [5, 5.41) is 6.41. The minimum Gasteiger partial charge on any atom is -0.352 e. The summed E-state index contributed by atoms with van der Waals surface area (Å²) in [6.07, 6.45) is 4.75. The van der Waals surface area contributed by atoms with Gasteiger partial charge in [0.2, 0.25) is 5.91 Å². The summed E-state index contributed by atoms with van der Waals surface area (Å²) in [7, 11) is 0. The maximum absolute atomic E-state index is 11.8. The Kier molecular flexibility index (Phi) is 5.96.